The van der Waals surface area contributed by atoms with Gasteiger partial charge in [0.25, 0.3) is 0 Å². The largest absolute Gasteiger partial charge is 0.317 e. The van der Waals surface area contributed by atoms with E-state index in [-0.39, 0.29) is 0 Å². The van der Waals surface area contributed by atoms with Crippen molar-refractivity contribution in [3.05, 3.63) is 0 Å². The van der Waals surface area contributed by atoms with E-state index in [1.807, 2.05) is 0 Å². The third-order valence-corrected chi connectivity index (χ3v) is 4.08. The highest BCUT2D eigenvalue weighted by Gasteiger charge is 2.16. The maximum Gasteiger partial charge on any atom is 0.00897 e. The molecule has 0 radical (unpaired) electrons. The summed E-state index contributed by atoms with van der Waals surface area (Å²) in [7, 11) is 2.13. The predicted octanol–water partition coefficient (Wildman–Crippen LogP) is 4.86. The van der Waals surface area contributed by atoms with E-state index in [4.69, 9.17) is 0 Å². The Morgan fingerprint density at radius 3 is 2.00 bits per heavy atom. The highest BCUT2D eigenvalue weighted by molar-refractivity contribution is 4.73. The zero-order valence-electron chi connectivity index (χ0n) is 13.1. The molecule has 17 heavy (non-hydrogen) atoms. The van der Waals surface area contributed by atoms with Gasteiger partial charge in [0.2, 0.25) is 0 Å². The molecule has 0 aliphatic heterocycles. The third kappa shape index (κ3) is 8.65. The van der Waals surface area contributed by atoms with Crippen LogP contribution in [0.5, 0.6) is 0 Å². The van der Waals surface area contributed by atoms with Crippen LogP contribution in [0.4, 0.5) is 0 Å². The Kier molecular flexibility index (Phi) is 9.91. The molecule has 0 aromatic rings. The summed E-state index contributed by atoms with van der Waals surface area (Å²) in [5.41, 5.74) is 0. The minimum absolute atomic E-state index is 0.719. The van der Waals surface area contributed by atoms with Crippen LogP contribution >= 0.6 is 0 Å². The van der Waals surface area contributed by atoms with Gasteiger partial charge in [0.15, 0.2) is 0 Å². The number of hydrogen-bond donors (Lipinski definition) is 1. The Hall–Kier alpha value is -0.0400. The fourth-order valence-electron chi connectivity index (χ4n) is 2.60. The average molecular weight is 241 g/mol. The van der Waals surface area contributed by atoms with Gasteiger partial charge in [-0.3, -0.25) is 0 Å². The minimum atomic E-state index is 0.719. The summed E-state index contributed by atoms with van der Waals surface area (Å²) >= 11 is 0. The van der Waals surface area contributed by atoms with Crippen molar-refractivity contribution in [3.63, 3.8) is 0 Å². The Morgan fingerprint density at radius 2 is 1.53 bits per heavy atom. The lowest BCUT2D eigenvalue weighted by Gasteiger charge is -2.26. The zero-order chi connectivity index (χ0) is 13.3. The fourth-order valence-corrected chi connectivity index (χ4v) is 2.60. The van der Waals surface area contributed by atoms with Gasteiger partial charge in [-0.2, -0.15) is 0 Å². The first kappa shape index (κ1) is 17.0. The molecule has 0 bridgehead atoms. The second kappa shape index (κ2) is 9.94. The van der Waals surface area contributed by atoms with Crippen molar-refractivity contribution < 1.29 is 0 Å². The molecule has 0 fully saturated rings. The maximum atomic E-state index is 3.52. The summed E-state index contributed by atoms with van der Waals surface area (Å²) < 4.78 is 0. The second-order valence-electron chi connectivity index (χ2n) is 6.30. The summed E-state index contributed by atoms with van der Waals surface area (Å²) in [6.45, 7) is 11.7. The van der Waals surface area contributed by atoms with E-state index in [0.717, 1.165) is 23.8 Å². The third-order valence-electron chi connectivity index (χ3n) is 4.08. The SMILES string of the molecule is CCC(C)CC(C)C(CCCCC(C)C)NC. The van der Waals surface area contributed by atoms with Gasteiger partial charge in [-0.05, 0) is 37.6 Å². The summed E-state index contributed by atoms with van der Waals surface area (Å²) in [5.74, 6) is 2.55. The molecule has 0 amide bonds. The lowest BCUT2D eigenvalue weighted by atomic mass is 9.87. The van der Waals surface area contributed by atoms with Crippen molar-refractivity contribution in [2.45, 2.75) is 79.2 Å². The van der Waals surface area contributed by atoms with Crippen molar-refractivity contribution in [1.29, 1.82) is 0 Å². The number of hydrogen-bond acceptors (Lipinski definition) is 1. The van der Waals surface area contributed by atoms with Crippen molar-refractivity contribution >= 4 is 0 Å². The molecule has 3 unspecified atom stereocenters. The van der Waals surface area contributed by atoms with Crippen LogP contribution in [0, 0.1) is 17.8 Å². The van der Waals surface area contributed by atoms with E-state index in [1.54, 1.807) is 0 Å². The monoisotopic (exact) mass is 241 g/mol. The summed E-state index contributed by atoms with van der Waals surface area (Å²) in [6.07, 6.45) is 8.19. The van der Waals surface area contributed by atoms with Gasteiger partial charge >= 0.3 is 0 Å². The lowest BCUT2D eigenvalue weighted by Crippen LogP contribution is -2.32. The fraction of sp³-hybridized carbons (Fsp3) is 1.00. The number of nitrogens with one attached hydrogen (secondary N) is 1. The van der Waals surface area contributed by atoms with Crippen LogP contribution in [-0.4, -0.2) is 13.1 Å². The van der Waals surface area contributed by atoms with Gasteiger partial charge in [0, 0.05) is 6.04 Å². The highest BCUT2D eigenvalue weighted by Crippen LogP contribution is 2.21. The first-order valence-electron chi connectivity index (χ1n) is 7.68. The van der Waals surface area contributed by atoms with Crippen molar-refractivity contribution in [2.24, 2.45) is 17.8 Å². The molecule has 104 valence electrons. The van der Waals surface area contributed by atoms with Gasteiger partial charge in [-0.25, -0.2) is 0 Å². The average Bonchev–Trinajstić information content (AvgIpc) is 2.28. The van der Waals surface area contributed by atoms with E-state index in [9.17, 15) is 0 Å². The van der Waals surface area contributed by atoms with Crippen molar-refractivity contribution in [3.8, 4) is 0 Å². The molecular formula is C16H35N. The number of rotatable bonds is 10. The standard InChI is InChI=1S/C16H35N/c1-7-14(4)12-15(5)16(17-6)11-9-8-10-13(2)3/h13-17H,7-12H2,1-6H3. The topological polar surface area (TPSA) is 12.0 Å². The minimum Gasteiger partial charge on any atom is -0.317 e. The molecule has 0 rings (SSSR count). The van der Waals surface area contributed by atoms with Crippen LogP contribution in [0.3, 0.4) is 0 Å². The molecule has 0 spiro atoms. The predicted molar refractivity (Wildman–Crippen MR) is 79.4 cm³/mol. The summed E-state index contributed by atoms with van der Waals surface area (Å²) in [4.78, 5) is 0. The lowest BCUT2D eigenvalue weighted by molar-refractivity contribution is 0.302. The van der Waals surface area contributed by atoms with Gasteiger partial charge in [0.05, 0.1) is 0 Å². The molecule has 0 aromatic carbocycles. The molecular weight excluding hydrogens is 206 g/mol. The van der Waals surface area contributed by atoms with Gasteiger partial charge < -0.3 is 5.32 Å². The summed E-state index contributed by atoms with van der Waals surface area (Å²) in [6, 6.07) is 0.719. The van der Waals surface area contributed by atoms with Crippen molar-refractivity contribution in [1.82, 2.24) is 5.32 Å². The van der Waals surface area contributed by atoms with Gasteiger partial charge in [0.1, 0.15) is 0 Å². The van der Waals surface area contributed by atoms with E-state index in [1.165, 1.54) is 38.5 Å². The molecule has 1 heteroatoms. The molecule has 0 saturated heterocycles. The molecule has 0 heterocycles. The smallest absolute Gasteiger partial charge is 0.00897 e. The zero-order valence-corrected chi connectivity index (χ0v) is 13.1. The first-order chi connectivity index (χ1) is 8.01. The molecule has 0 saturated carbocycles. The molecule has 0 aromatic heterocycles. The van der Waals surface area contributed by atoms with Crippen LogP contribution in [0.25, 0.3) is 0 Å². The number of unbranched alkanes of at least 4 members (excludes halogenated alkanes) is 1. The van der Waals surface area contributed by atoms with Gasteiger partial charge in [-0.15, -0.1) is 0 Å². The molecule has 1 nitrogen and oxygen atoms in total. The molecule has 3 atom stereocenters. The van der Waals surface area contributed by atoms with Crippen LogP contribution in [0.1, 0.15) is 73.1 Å². The molecule has 1 N–H and O–H groups in total. The van der Waals surface area contributed by atoms with E-state index < -0.39 is 0 Å². The molecule has 0 aliphatic rings. The Balaban J connectivity index is 3.81. The van der Waals surface area contributed by atoms with Crippen LogP contribution in [0.15, 0.2) is 0 Å². The Morgan fingerprint density at radius 1 is 0.941 bits per heavy atom. The molecule has 0 aliphatic carbocycles. The normalized spacial score (nSPS) is 17.1. The quantitative estimate of drug-likeness (QED) is 0.538. The van der Waals surface area contributed by atoms with E-state index in [2.05, 4.69) is 47.0 Å². The Labute approximate surface area is 110 Å². The van der Waals surface area contributed by atoms with Crippen molar-refractivity contribution in [2.75, 3.05) is 7.05 Å². The van der Waals surface area contributed by atoms with Crippen LogP contribution in [0.2, 0.25) is 0 Å². The Bertz CT molecular complexity index is 165. The highest BCUT2D eigenvalue weighted by atomic mass is 14.9. The summed E-state index contributed by atoms with van der Waals surface area (Å²) in [5, 5.41) is 3.52. The van der Waals surface area contributed by atoms with Crippen LogP contribution in [-0.2, 0) is 0 Å². The van der Waals surface area contributed by atoms with Crippen LogP contribution < -0.4 is 5.32 Å². The first-order valence-corrected chi connectivity index (χ1v) is 7.68. The van der Waals surface area contributed by atoms with E-state index >= 15 is 0 Å². The van der Waals surface area contributed by atoms with Gasteiger partial charge in [-0.1, -0.05) is 60.3 Å². The second-order valence-corrected chi connectivity index (χ2v) is 6.30. The maximum absolute atomic E-state index is 3.52. The van der Waals surface area contributed by atoms with E-state index in [0.29, 0.717) is 0 Å².